The molecule has 3 aromatic rings. The van der Waals surface area contributed by atoms with Gasteiger partial charge < -0.3 is 10.1 Å². The lowest BCUT2D eigenvalue weighted by atomic mass is 10.2. The van der Waals surface area contributed by atoms with Crippen LogP contribution < -0.4 is 9.62 Å². The molecule has 1 aromatic heterocycles. The summed E-state index contributed by atoms with van der Waals surface area (Å²) in [6.45, 7) is 3.87. The second-order valence-corrected chi connectivity index (χ2v) is 9.56. The minimum absolute atomic E-state index is 0.146. The van der Waals surface area contributed by atoms with Gasteiger partial charge in [-0.3, -0.25) is 9.10 Å². The second-order valence-electron chi connectivity index (χ2n) is 6.67. The van der Waals surface area contributed by atoms with Gasteiger partial charge in [-0.2, -0.15) is 0 Å². The number of hydrogen-bond acceptors (Lipinski definition) is 6. The summed E-state index contributed by atoms with van der Waals surface area (Å²) in [4.78, 5) is 25.0. The van der Waals surface area contributed by atoms with Gasteiger partial charge in [0, 0.05) is 12.7 Å². The Hall–Kier alpha value is -3.17. The maximum atomic E-state index is 13.0. The van der Waals surface area contributed by atoms with Crippen LogP contribution in [0.4, 0.5) is 11.4 Å². The molecule has 0 bridgehead atoms. The number of carbonyl (C=O) groups excluding carboxylic acids is 2. The second kappa shape index (κ2) is 9.32. The first-order chi connectivity index (χ1) is 14.7. The molecule has 0 spiro atoms. The largest absolute Gasteiger partial charge is 0.462 e. The third-order valence-electron chi connectivity index (χ3n) is 4.52. The number of sulfonamides is 1. The van der Waals surface area contributed by atoms with Gasteiger partial charge in [-0.15, -0.1) is 11.3 Å². The van der Waals surface area contributed by atoms with Crippen LogP contribution in [0, 0.1) is 6.92 Å². The normalized spacial score (nSPS) is 11.1. The van der Waals surface area contributed by atoms with Crippen molar-refractivity contribution in [3.05, 3.63) is 76.0 Å². The third-order valence-corrected chi connectivity index (χ3v) is 7.21. The van der Waals surface area contributed by atoms with E-state index in [1.807, 2.05) is 6.92 Å². The van der Waals surface area contributed by atoms with Crippen LogP contribution in [0.5, 0.6) is 0 Å². The molecule has 1 N–H and O–H groups in total. The number of nitrogens with one attached hydrogen (secondary N) is 1. The molecular weight excluding hydrogens is 436 g/mol. The number of esters is 1. The molecule has 0 saturated carbocycles. The maximum Gasteiger partial charge on any atom is 0.338 e. The van der Waals surface area contributed by atoms with Crippen molar-refractivity contribution in [3.63, 3.8) is 0 Å². The Bertz CT molecular complexity index is 1180. The fourth-order valence-electron chi connectivity index (χ4n) is 2.81. The molecule has 0 fully saturated rings. The number of benzene rings is 2. The van der Waals surface area contributed by atoms with Crippen LogP contribution >= 0.6 is 11.3 Å². The van der Waals surface area contributed by atoms with Crippen molar-refractivity contribution in [3.8, 4) is 0 Å². The molecule has 9 heteroatoms. The molecule has 0 unspecified atom stereocenters. The molecule has 0 aliphatic carbocycles. The lowest BCUT2D eigenvalue weighted by molar-refractivity contribution is 0.0526. The summed E-state index contributed by atoms with van der Waals surface area (Å²) >= 11 is 1.14. The average molecular weight is 459 g/mol. The van der Waals surface area contributed by atoms with E-state index in [1.165, 1.54) is 7.05 Å². The summed E-state index contributed by atoms with van der Waals surface area (Å²) in [6.07, 6.45) is 0. The molecule has 2 aromatic carbocycles. The van der Waals surface area contributed by atoms with E-state index in [2.05, 4.69) is 5.32 Å². The number of nitrogens with zero attached hydrogens (tertiary/aromatic N) is 1. The van der Waals surface area contributed by atoms with E-state index in [0.717, 1.165) is 21.2 Å². The number of hydrogen-bond donors (Lipinski definition) is 1. The summed E-state index contributed by atoms with van der Waals surface area (Å²) in [6, 6.07) is 14.4. The summed E-state index contributed by atoms with van der Waals surface area (Å²) in [7, 11) is -2.40. The SMILES string of the molecule is CCOC(=O)c1ccc(NC(=O)c2sccc2N(C)S(=O)(=O)c2ccc(C)cc2)cc1. The first kappa shape index (κ1) is 22.5. The van der Waals surface area contributed by atoms with Crippen LogP contribution in [0.2, 0.25) is 0 Å². The predicted molar refractivity (Wildman–Crippen MR) is 121 cm³/mol. The van der Waals surface area contributed by atoms with Gasteiger partial charge in [0.2, 0.25) is 0 Å². The average Bonchev–Trinajstić information content (AvgIpc) is 3.24. The molecule has 31 heavy (non-hydrogen) atoms. The van der Waals surface area contributed by atoms with E-state index < -0.39 is 21.9 Å². The highest BCUT2D eigenvalue weighted by Crippen LogP contribution is 2.30. The third kappa shape index (κ3) is 4.95. The number of amides is 1. The van der Waals surface area contributed by atoms with Crippen molar-refractivity contribution in [2.24, 2.45) is 0 Å². The van der Waals surface area contributed by atoms with Crippen LogP contribution in [-0.4, -0.2) is 33.9 Å². The molecule has 0 radical (unpaired) electrons. The smallest absolute Gasteiger partial charge is 0.338 e. The van der Waals surface area contributed by atoms with Crippen LogP contribution in [0.25, 0.3) is 0 Å². The molecule has 1 heterocycles. The molecule has 162 valence electrons. The van der Waals surface area contributed by atoms with Gasteiger partial charge in [0.1, 0.15) is 4.88 Å². The molecular formula is C22H22N2O5S2. The fraction of sp³-hybridized carbons (Fsp3) is 0.182. The van der Waals surface area contributed by atoms with Crippen molar-refractivity contribution in [1.29, 1.82) is 0 Å². The van der Waals surface area contributed by atoms with Gasteiger partial charge in [0.25, 0.3) is 15.9 Å². The van der Waals surface area contributed by atoms with Crippen molar-refractivity contribution in [1.82, 2.24) is 0 Å². The van der Waals surface area contributed by atoms with E-state index in [0.29, 0.717) is 11.3 Å². The number of rotatable bonds is 7. The minimum atomic E-state index is -3.82. The summed E-state index contributed by atoms with van der Waals surface area (Å²) in [5, 5.41) is 4.40. The Labute approximate surface area is 185 Å². The van der Waals surface area contributed by atoms with Crippen LogP contribution in [-0.2, 0) is 14.8 Å². The van der Waals surface area contributed by atoms with E-state index in [9.17, 15) is 18.0 Å². The van der Waals surface area contributed by atoms with Crippen LogP contribution in [0.3, 0.4) is 0 Å². The Morgan fingerprint density at radius 2 is 1.68 bits per heavy atom. The minimum Gasteiger partial charge on any atom is -0.462 e. The number of anilines is 2. The van der Waals surface area contributed by atoms with Crippen molar-refractivity contribution >= 4 is 44.6 Å². The van der Waals surface area contributed by atoms with Crippen molar-refractivity contribution < 1.29 is 22.7 Å². The van der Waals surface area contributed by atoms with Crippen molar-refractivity contribution in [2.75, 3.05) is 23.3 Å². The van der Waals surface area contributed by atoms with E-state index in [-0.39, 0.29) is 22.1 Å². The van der Waals surface area contributed by atoms with E-state index >= 15 is 0 Å². The number of ether oxygens (including phenoxy) is 1. The van der Waals surface area contributed by atoms with E-state index in [1.54, 1.807) is 66.9 Å². The fourth-order valence-corrected chi connectivity index (χ4v) is 4.89. The van der Waals surface area contributed by atoms with Crippen molar-refractivity contribution in [2.45, 2.75) is 18.7 Å². The number of carbonyl (C=O) groups is 2. The van der Waals surface area contributed by atoms with Gasteiger partial charge in [-0.05, 0) is 61.7 Å². The number of aryl methyl sites for hydroxylation is 1. The summed E-state index contributed by atoms with van der Waals surface area (Å²) in [5.74, 6) is -0.885. The van der Waals surface area contributed by atoms with Gasteiger partial charge in [-0.1, -0.05) is 17.7 Å². The summed E-state index contributed by atoms with van der Waals surface area (Å²) < 4.78 is 32.0. The Morgan fingerprint density at radius 1 is 1.03 bits per heavy atom. The lowest BCUT2D eigenvalue weighted by Gasteiger charge is -2.20. The van der Waals surface area contributed by atoms with Crippen LogP contribution in [0.15, 0.2) is 64.9 Å². The summed E-state index contributed by atoms with van der Waals surface area (Å²) in [5.41, 5.74) is 2.08. The van der Waals surface area contributed by atoms with Gasteiger partial charge in [-0.25, -0.2) is 13.2 Å². The molecule has 0 aliphatic rings. The maximum absolute atomic E-state index is 13.0. The van der Waals surface area contributed by atoms with Gasteiger partial charge in [0.05, 0.1) is 22.8 Å². The molecule has 7 nitrogen and oxygen atoms in total. The topological polar surface area (TPSA) is 92.8 Å². The molecule has 0 atom stereocenters. The molecule has 3 rings (SSSR count). The highest BCUT2D eigenvalue weighted by Gasteiger charge is 2.26. The standard InChI is InChI=1S/C22H22N2O5S2/c1-4-29-22(26)16-7-9-17(10-8-16)23-21(25)20-19(13-14-30-20)24(3)31(27,28)18-11-5-15(2)6-12-18/h5-14H,4H2,1-3H3,(H,23,25). The molecule has 0 aliphatic heterocycles. The molecule has 0 saturated heterocycles. The van der Waals surface area contributed by atoms with Gasteiger partial charge in [0.15, 0.2) is 0 Å². The zero-order valence-corrected chi connectivity index (χ0v) is 18.9. The lowest BCUT2D eigenvalue weighted by Crippen LogP contribution is -2.28. The predicted octanol–water partition coefficient (Wildman–Crippen LogP) is 4.31. The van der Waals surface area contributed by atoms with Crippen LogP contribution in [0.1, 0.15) is 32.5 Å². The monoisotopic (exact) mass is 458 g/mol. The Kier molecular flexibility index (Phi) is 6.77. The highest BCUT2D eigenvalue weighted by molar-refractivity contribution is 7.92. The number of thiophene rings is 1. The first-order valence-corrected chi connectivity index (χ1v) is 11.8. The first-order valence-electron chi connectivity index (χ1n) is 9.45. The quantitative estimate of drug-likeness (QED) is 0.533. The Balaban J connectivity index is 1.80. The van der Waals surface area contributed by atoms with Gasteiger partial charge >= 0.3 is 5.97 Å². The zero-order valence-electron chi connectivity index (χ0n) is 17.3. The molecule has 1 amide bonds. The zero-order chi connectivity index (χ0) is 22.6. The Morgan fingerprint density at radius 3 is 2.29 bits per heavy atom. The highest BCUT2D eigenvalue weighted by atomic mass is 32.2. The van der Waals surface area contributed by atoms with E-state index in [4.69, 9.17) is 4.74 Å².